The molecule has 0 radical (unpaired) electrons. The highest BCUT2D eigenvalue weighted by molar-refractivity contribution is 5.37. The van der Waals surface area contributed by atoms with Gasteiger partial charge in [-0.2, -0.15) is 0 Å². The summed E-state index contributed by atoms with van der Waals surface area (Å²) in [6.45, 7) is 7.25. The summed E-state index contributed by atoms with van der Waals surface area (Å²) in [5.74, 6) is 0.293. The van der Waals surface area contributed by atoms with Gasteiger partial charge in [0, 0.05) is 5.56 Å². The van der Waals surface area contributed by atoms with Gasteiger partial charge in [0.2, 0.25) is 0 Å². The Bertz CT molecular complexity index is 382. The number of rotatable bonds is 8. The third kappa shape index (κ3) is 4.80. The second-order valence-electron chi connectivity index (χ2n) is 4.74. The molecule has 0 aliphatic carbocycles. The van der Waals surface area contributed by atoms with E-state index >= 15 is 0 Å². The Hall–Kier alpha value is -1.13. The molecule has 0 amide bonds. The maximum Gasteiger partial charge on any atom is 0.131 e. The van der Waals surface area contributed by atoms with Gasteiger partial charge in [-0.05, 0) is 38.9 Å². The number of nitrogens with one attached hydrogen (secondary N) is 1. The van der Waals surface area contributed by atoms with Gasteiger partial charge in [0.1, 0.15) is 11.6 Å². The van der Waals surface area contributed by atoms with E-state index in [-0.39, 0.29) is 18.0 Å². The van der Waals surface area contributed by atoms with Crippen molar-refractivity contribution in [2.45, 2.75) is 39.3 Å². The lowest BCUT2D eigenvalue weighted by Gasteiger charge is -2.22. The molecule has 108 valence electrons. The predicted octanol–water partition coefficient (Wildman–Crippen LogP) is 3.30. The zero-order chi connectivity index (χ0) is 14.3. The molecule has 0 saturated carbocycles. The van der Waals surface area contributed by atoms with E-state index in [0.29, 0.717) is 17.9 Å². The number of methoxy groups -OCH3 is 1. The van der Waals surface area contributed by atoms with E-state index in [1.807, 2.05) is 13.8 Å². The maximum absolute atomic E-state index is 14.1. The van der Waals surface area contributed by atoms with Crippen molar-refractivity contribution in [2.75, 3.05) is 20.3 Å². The first-order chi connectivity index (χ1) is 9.10. The molecule has 0 spiro atoms. The molecule has 0 bridgehead atoms. The monoisotopic (exact) mass is 269 g/mol. The molecule has 1 rings (SSSR count). The minimum absolute atomic E-state index is 0.115. The lowest BCUT2D eigenvalue weighted by Crippen LogP contribution is -2.28. The minimum atomic E-state index is -0.264. The molecule has 4 heteroatoms. The van der Waals surface area contributed by atoms with Gasteiger partial charge in [0.25, 0.3) is 0 Å². The van der Waals surface area contributed by atoms with Crippen LogP contribution in [0.4, 0.5) is 4.39 Å². The van der Waals surface area contributed by atoms with Crippen molar-refractivity contribution in [3.05, 3.63) is 29.6 Å². The normalized spacial score (nSPS) is 12.7. The summed E-state index contributed by atoms with van der Waals surface area (Å²) in [6.07, 6.45) is 1.10. The average molecular weight is 269 g/mol. The fraction of sp³-hybridized carbons (Fsp3) is 0.600. The maximum atomic E-state index is 14.1. The van der Waals surface area contributed by atoms with E-state index in [1.54, 1.807) is 19.2 Å². The summed E-state index contributed by atoms with van der Waals surface area (Å²) in [6, 6.07) is 4.68. The number of hydrogen-bond donors (Lipinski definition) is 1. The SMILES string of the molecule is CCCNC(COC(C)C)c1c(F)cccc1OC. The molecule has 0 fully saturated rings. The van der Waals surface area contributed by atoms with E-state index in [0.717, 1.165) is 13.0 Å². The van der Waals surface area contributed by atoms with E-state index in [2.05, 4.69) is 12.2 Å². The molecule has 0 heterocycles. The van der Waals surface area contributed by atoms with E-state index < -0.39 is 0 Å². The summed E-state index contributed by atoms with van der Waals surface area (Å²) < 4.78 is 24.9. The summed E-state index contributed by atoms with van der Waals surface area (Å²) in [4.78, 5) is 0. The third-order valence-corrected chi connectivity index (χ3v) is 2.82. The summed E-state index contributed by atoms with van der Waals surface area (Å²) in [5.41, 5.74) is 0.541. The van der Waals surface area contributed by atoms with Gasteiger partial charge in [0.05, 0.1) is 25.9 Å². The fourth-order valence-corrected chi connectivity index (χ4v) is 1.88. The van der Waals surface area contributed by atoms with E-state index in [1.165, 1.54) is 6.07 Å². The second kappa shape index (κ2) is 8.12. The van der Waals surface area contributed by atoms with Gasteiger partial charge in [0.15, 0.2) is 0 Å². The topological polar surface area (TPSA) is 30.5 Å². The Labute approximate surface area is 115 Å². The van der Waals surface area contributed by atoms with Crippen LogP contribution in [0, 0.1) is 5.82 Å². The number of hydrogen-bond acceptors (Lipinski definition) is 3. The van der Waals surface area contributed by atoms with Gasteiger partial charge in [-0.25, -0.2) is 4.39 Å². The molecular weight excluding hydrogens is 245 g/mol. The first-order valence-electron chi connectivity index (χ1n) is 6.77. The standard InChI is InChI=1S/C15H24FNO2/c1-5-9-17-13(10-19-11(2)3)15-12(16)7-6-8-14(15)18-4/h6-8,11,13,17H,5,9-10H2,1-4H3. The van der Waals surface area contributed by atoms with Crippen molar-refractivity contribution in [2.24, 2.45) is 0 Å². The second-order valence-corrected chi connectivity index (χ2v) is 4.74. The van der Waals surface area contributed by atoms with E-state index in [4.69, 9.17) is 9.47 Å². The van der Waals surface area contributed by atoms with Crippen LogP contribution in [0.15, 0.2) is 18.2 Å². The van der Waals surface area contributed by atoms with Crippen molar-refractivity contribution in [3.63, 3.8) is 0 Å². The Morgan fingerprint density at radius 3 is 2.63 bits per heavy atom. The Morgan fingerprint density at radius 1 is 1.32 bits per heavy atom. The zero-order valence-electron chi connectivity index (χ0n) is 12.2. The predicted molar refractivity (Wildman–Crippen MR) is 75.1 cm³/mol. The average Bonchev–Trinajstić information content (AvgIpc) is 2.39. The molecule has 1 aromatic carbocycles. The molecule has 1 aromatic rings. The molecule has 1 unspecified atom stereocenters. The van der Waals surface area contributed by atoms with Crippen molar-refractivity contribution in [1.82, 2.24) is 5.32 Å². The van der Waals surface area contributed by atoms with Crippen molar-refractivity contribution >= 4 is 0 Å². The van der Waals surface area contributed by atoms with Crippen LogP contribution < -0.4 is 10.1 Å². The van der Waals surface area contributed by atoms with Gasteiger partial charge in [-0.15, -0.1) is 0 Å². The lowest BCUT2D eigenvalue weighted by atomic mass is 10.1. The van der Waals surface area contributed by atoms with Crippen molar-refractivity contribution in [3.8, 4) is 5.75 Å². The zero-order valence-corrected chi connectivity index (χ0v) is 12.2. The first kappa shape index (κ1) is 15.9. The summed E-state index contributed by atoms with van der Waals surface area (Å²) in [5, 5.41) is 3.31. The van der Waals surface area contributed by atoms with Crippen LogP contribution in [-0.4, -0.2) is 26.4 Å². The summed E-state index contributed by atoms with van der Waals surface area (Å²) >= 11 is 0. The number of ether oxygens (including phenoxy) is 2. The van der Waals surface area contributed by atoms with Gasteiger partial charge >= 0.3 is 0 Å². The third-order valence-electron chi connectivity index (χ3n) is 2.82. The van der Waals surface area contributed by atoms with E-state index in [9.17, 15) is 4.39 Å². The molecule has 0 aromatic heterocycles. The molecule has 0 saturated heterocycles. The molecule has 19 heavy (non-hydrogen) atoms. The molecule has 1 atom stereocenters. The molecular formula is C15H24FNO2. The minimum Gasteiger partial charge on any atom is -0.496 e. The largest absolute Gasteiger partial charge is 0.496 e. The van der Waals surface area contributed by atoms with Crippen molar-refractivity contribution < 1.29 is 13.9 Å². The van der Waals surface area contributed by atoms with Crippen LogP contribution in [0.5, 0.6) is 5.75 Å². The quantitative estimate of drug-likeness (QED) is 0.785. The highest BCUT2D eigenvalue weighted by Crippen LogP contribution is 2.28. The molecule has 1 N–H and O–H groups in total. The van der Waals surface area contributed by atoms with Gasteiger partial charge in [-0.1, -0.05) is 13.0 Å². The molecule has 3 nitrogen and oxygen atoms in total. The van der Waals surface area contributed by atoms with Crippen LogP contribution in [-0.2, 0) is 4.74 Å². The first-order valence-corrected chi connectivity index (χ1v) is 6.77. The molecule has 0 aliphatic rings. The highest BCUT2D eigenvalue weighted by Gasteiger charge is 2.20. The van der Waals surface area contributed by atoms with Crippen LogP contribution >= 0.6 is 0 Å². The van der Waals surface area contributed by atoms with Gasteiger partial charge < -0.3 is 14.8 Å². The number of halogens is 1. The smallest absolute Gasteiger partial charge is 0.131 e. The Kier molecular flexibility index (Phi) is 6.81. The van der Waals surface area contributed by atoms with Gasteiger partial charge in [-0.3, -0.25) is 0 Å². The lowest BCUT2D eigenvalue weighted by molar-refractivity contribution is 0.0599. The summed E-state index contributed by atoms with van der Waals surface area (Å²) in [7, 11) is 1.55. The number of benzene rings is 1. The Morgan fingerprint density at radius 2 is 2.05 bits per heavy atom. The van der Waals surface area contributed by atoms with Crippen LogP contribution in [0.25, 0.3) is 0 Å². The van der Waals surface area contributed by atoms with Crippen LogP contribution in [0.3, 0.4) is 0 Å². The fourth-order valence-electron chi connectivity index (χ4n) is 1.88. The van der Waals surface area contributed by atoms with Crippen LogP contribution in [0.1, 0.15) is 38.8 Å². The Balaban J connectivity index is 2.94. The molecule has 0 aliphatic heterocycles. The van der Waals surface area contributed by atoms with Crippen molar-refractivity contribution in [1.29, 1.82) is 0 Å². The van der Waals surface area contributed by atoms with Crippen LogP contribution in [0.2, 0.25) is 0 Å². The highest BCUT2D eigenvalue weighted by atomic mass is 19.1.